The minimum absolute atomic E-state index is 0.0790. The van der Waals surface area contributed by atoms with Crippen molar-refractivity contribution in [2.75, 3.05) is 26.2 Å². The van der Waals surface area contributed by atoms with E-state index in [9.17, 15) is 4.79 Å². The Morgan fingerprint density at radius 2 is 2.28 bits per heavy atom. The average Bonchev–Trinajstić information content (AvgIpc) is 2.88. The SMILES string of the molecule is CCCC1(C(=O)N2CCCC(CC)C2)CCNC1. The predicted molar refractivity (Wildman–Crippen MR) is 74.4 cm³/mol. The smallest absolute Gasteiger partial charge is 0.230 e. The molecule has 0 bridgehead atoms. The zero-order valence-corrected chi connectivity index (χ0v) is 12.0. The van der Waals surface area contributed by atoms with Gasteiger partial charge in [-0.3, -0.25) is 4.79 Å². The Morgan fingerprint density at radius 1 is 1.44 bits per heavy atom. The van der Waals surface area contributed by atoms with Crippen molar-refractivity contribution < 1.29 is 4.79 Å². The molecule has 2 unspecified atom stereocenters. The second-order valence-corrected chi connectivity index (χ2v) is 6.12. The average molecular weight is 252 g/mol. The summed E-state index contributed by atoms with van der Waals surface area (Å²) in [5.74, 6) is 1.17. The number of amides is 1. The summed E-state index contributed by atoms with van der Waals surface area (Å²) in [5.41, 5.74) is -0.0790. The molecule has 1 N–H and O–H groups in total. The van der Waals surface area contributed by atoms with Crippen molar-refractivity contribution in [2.45, 2.75) is 52.4 Å². The molecule has 1 amide bonds. The van der Waals surface area contributed by atoms with Crippen LogP contribution in [0.3, 0.4) is 0 Å². The van der Waals surface area contributed by atoms with E-state index < -0.39 is 0 Å². The first-order valence-corrected chi connectivity index (χ1v) is 7.72. The van der Waals surface area contributed by atoms with Crippen LogP contribution in [0.4, 0.5) is 0 Å². The molecule has 2 saturated heterocycles. The van der Waals surface area contributed by atoms with Crippen LogP contribution in [0.15, 0.2) is 0 Å². The lowest BCUT2D eigenvalue weighted by atomic mass is 9.80. The first-order chi connectivity index (χ1) is 8.72. The molecule has 2 fully saturated rings. The van der Waals surface area contributed by atoms with Crippen LogP contribution in [0, 0.1) is 11.3 Å². The number of nitrogens with zero attached hydrogens (tertiary/aromatic N) is 1. The van der Waals surface area contributed by atoms with Gasteiger partial charge in [-0.05, 0) is 38.1 Å². The van der Waals surface area contributed by atoms with Gasteiger partial charge in [0.2, 0.25) is 5.91 Å². The maximum atomic E-state index is 12.9. The van der Waals surface area contributed by atoms with Crippen LogP contribution in [0.5, 0.6) is 0 Å². The van der Waals surface area contributed by atoms with E-state index in [2.05, 4.69) is 24.1 Å². The number of rotatable bonds is 4. The second-order valence-electron chi connectivity index (χ2n) is 6.12. The molecule has 2 heterocycles. The van der Waals surface area contributed by atoms with Crippen LogP contribution in [0.1, 0.15) is 52.4 Å². The zero-order chi connectivity index (χ0) is 13.0. The summed E-state index contributed by atoms with van der Waals surface area (Å²) in [6, 6.07) is 0. The lowest BCUT2D eigenvalue weighted by Crippen LogP contribution is -2.49. The molecule has 0 saturated carbocycles. The van der Waals surface area contributed by atoms with E-state index in [-0.39, 0.29) is 5.41 Å². The van der Waals surface area contributed by atoms with Gasteiger partial charge in [0.05, 0.1) is 5.41 Å². The molecule has 104 valence electrons. The highest BCUT2D eigenvalue weighted by molar-refractivity contribution is 5.83. The fourth-order valence-electron chi connectivity index (χ4n) is 3.64. The normalized spacial score (nSPS) is 32.8. The Hall–Kier alpha value is -0.570. The highest BCUT2D eigenvalue weighted by Crippen LogP contribution is 2.35. The molecule has 0 spiro atoms. The first-order valence-electron chi connectivity index (χ1n) is 7.72. The highest BCUT2D eigenvalue weighted by atomic mass is 16.2. The Labute approximate surface area is 111 Å². The molecule has 2 aliphatic rings. The molecule has 0 aromatic rings. The minimum Gasteiger partial charge on any atom is -0.342 e. The zero-order valence-electron chi connectivity index (χ0n) is 12.0. The van der Waals surface area contributed by atoms with Gasteiger partial charge in [0.15, 0.2) is 0 Å². The third-order valence-corrected chi connectivity index (χ3v) is 4.81. The molecule has 18 heavy (non-hydrogen) atoms. The Kier molecular flexibility index (Phi) is 4.66. The van der Waals surface area contributed by atoms with Gasteiger partial charge in [-0.2, -0.15) is 0 Å². The number of hydrogen-bond donors (Lipinski definition) is 1. The third-order valence-electron chi connectivity index (χ3n) is 4.81. The molecule has 0 aliphatic carbocycles. The summed E-state index contributed by atoms with van der Waals surface area (Å²) < 4.78 is 0. The molecule has 2 aliphatic heterocycles. The van der Waals surface area contributed by atoms with Crippen LogP contribution in [-0.4, -0.2) is 37.0 Å². The van der Waals surface area contributed by atoms with Crippen molar-refractivity contribution in [2.24, 2.45) is 11.3 Å². The van der Waals surface area contributed by atoms with Crippen molar-refractivity contribution >= 4 is 5.91 Å². The van der Waals surface area contributed by atoms with Crippen molar-refractivity contribution in [3.63, 3.8) is 0 Å². The van der Waals surface area contributed by atoms with Crippen LogP contribution in [-0.2, 0) is 4.79 Å². The number of hydrogen-bond acceptors (Lipinski definition) is 2. The molecule has 3 heteroatoms. The van der Waals surface area contributed by atoms with Gasteiger partial charge >= 0.3 is 0 Å². The Morgan fingerprint density at radius 3 is 2.89 bits per heavy atom. The van der Waals surface area contributed by atoms with Gasteiger partial charge in [0, 0.05) is 19.6 Å². The van der Waals surface area contributed by atoms with Gasteiger partial charge in [-0.15, -0.1) is 0 Å². The van der Waals surface area contributed by atoms with Crippen LogP contribution < -0.4 is 5.32 Å². The van der Waals surface area contributed by atoms with Crippen molar-refractivity contribution in [1.29, 1.82) is 0 Å². The fraction of sp³-hybridized carbons (Fsp3) is 0.933. The summed E-state index contributed by atoms with van der Waals surface area (Å²) in [7, 11) is 0. The lowest BCUT2D eigenvalue weighted by Gasteiger charge is -2.38. The van der Waals surface area contributed by atoms with E-state index in [1.54, 1.807) is 0 Å². The summed E-state index contributed by atoms with van der Waals surface area (Å²) in [6.45, 7) is 8.33. The van der Waals surface area contributed by atoms with Crippen LogP contribution in [0.25, 0.3) is 0 Å². The van der Waals surface area contributed by atoms with Crippen molar-refractivity contribution in [3.05, 3.63) is 0 Å². The summed E-state index contributed by atoms with van der Waals surface area (Å²) in [5, 5.41) is 3.40. The van der Waals surface area contributed by atoms with E-state index in [0.29, 0.717) is 5.91 Å². The molecule has 0 aromatic carbocycles. The molecule has 0 aromatic heterocycles. The molecule has 2 atom stereocenters. The predicted octanol–water partition coefficient (Wildman–Crippen LogP) is 2.41. The summed E-state index contributed by atoms with van der Waals surface area (Å²) in [6.07, 6.45) is 6.90. The molecular formula is C15H28N2O. The first kappa shape index (κ1) is 13.9. The molecule has 0 radical (unpaired) electrons. The van der Waals surface area contributed by atoms with Gasteiger partial charge < -0.3 is 10.2 Å². The lowest BCUT2D eigenvalue weighted by molar-refractivity contribution is -0.143. The number of carbonyl (C=O) groups is 1. The standard InChI is InChI=1S/C15H28N2O/c1-3-7-15(8-9-16-12-15)14(18)17-10-5-6-13(4-2)11-17/h13,16H,3-12H2,1-2H3. The van der Waals surface area contributed by atoms with E-state index in [1.807, 2.05) is 0 Å². The molecule has 3 nitrogen and oxygen atoms in total. The van der Waals surface area contributed by atoms with E-state index in [1.165, 1.54) is 19.3 Å². The summed E-state index contributed by atoms with van der Waals surface area (Å²) in [4.78, 5) is 15.0. The molecule has 2 rings (SSSR count). The highest BCUT2D eigenvalue weighted by Gasteiger charge is 2.43. The van der Waals surface area contributed by atoms with Crippen molar-refractivity contribution in [1.82, 2.24) is 10.2 Å². The maximum absolute atomic E-state index is 12.9. The summed E-state index contributed by atoms with van der Waals surface area (Å²) >= 11 is 0. The largest absolute Gasteiger partial charge is 0.342 e. The monoisotopic (exact) mass is 252 g/mol. The van der Waals surface area contributed by atoms with E-state index >= 15 is 0 Å². The van der Waals surface area contributed by atoms with Crippen molar-refractivity contribution in [3.8, 4) is 0 Å². The topological polar surface area (TPSA) is 32.3 Å². The Bertz CT molecular complexity index is 284. The third kappa shape index (κ3) is 2.71. The van der Waals surface area contributed by atoms with Gasteiger partial charge in [-0.25, -0.2) is 0 Å². The fourth-order valence-corrected chi connectivity index (χ4v) is 3.64. The van der Waals surface area contributed by atoms with Crippen LogP contribution >= 0.6 is 0 Å². The quantitative estimate of drug-likeness (QED) is 0.833. The van der Waals surface area contributed by atoms with Crippen LogP contribution in [0.2, 0.25) is 0 Å². The molecular weight excluding hydrogens is 224 g/mol. The second kappa shape index (κ2) is 6.05. The maximum Gasteiger partial charge on any atom is 0.230 e. The van der Waals surface area contributed by atoms with Gasteiger partial charge in [0.1, 0.15) is 0 Å². The Balaban J connectivity index is 2.04. The number of piperidine rings is 1. The number of carbonyl (C=O) groups excluding carboxylic acids is 1. The number of likely N-dealkylation sites (tertiary alicyclic amines) is 1. The van der Waals surface area contributed by atoms with E-state index in [0.717, 1.165) is 51.4 Å². The van der Waals surface area contributed by atoms with Gasteiger partial charge in [-0.1, -0.05) is 26.7 Å². The van der Waals surface area contributed by atoms with Gasteiger partial charge in [0.25, 0.3) is 0 Å². The minimum atomic E-state index is -0.0790. The van der Waals surface area contributed by atoms with E-state index in [4.69, 9.17) is 0 Å². The number of nitrogens with one attached hydrogen (secondary N) is 1.